The molecule has 0 fully saturated rings. The number of carbonyl (C=O) groups excluding carboxylic acids is 1. The molecular weight excluding hydrogens is 221 g/mol. The molecule has 2 N–H and O–H groups in total. The predicted octanol–water partition coefficient (Wildman–Crippen LogP) is 2.13. The van der Waals surface area contributed by atoms with Gasteiger partial charge in [0.15, 0.2) is 0 Å². The molecule has 17 heavy (non-hydrogen) atoms. The average molecular weight is 239 g/mol. The number of nitrogens with two attached hydrogens (primary N) is 1. The van der Waals surface area contributed by atoms with Crippen LogP contribution in [-0.2, 0) is 9.53 Å². The summed E-state index contributed by atoms with van der Waals surface area (Å²) in [7, 11) is 0. The summed E-state index contributed by atoms with van der Waals surface area (Å²) in [4.78, 5) is 11.1. The van der Waals surface area contributed by atoms with Gasteiger partial charge in [0.2, 0.25) is 0 Å². The second kappa shape index (κ2) is 5.77. The third-order valence-electron chi connectivity index (χ3n) is 2.91. The molecule has 0 heterocycles. The van der Waals surface area contributed by atoms with Crippen molar-refractivity contribution >= 4 is 5.97 Å². The molecule has 3 nitrogen and oxygen atoms in total. The van der Waals surface area contributed by atoms with Gasteiger partial charge in [0, 0.05) is 5.92 Å². The van der Waals surface area contributed by atoms with Crippen LogP contribution in [0.15, 0.2) is 18.2 Å². The van der Waals surface area contributed by atoms with E-state index in [-0.39, 0.29) is 24.4 Å². The molecule has 94 valence electrons. The summed E-state index contributed by atoms with van der Waals surface area (Å²) >= 11 is 0. The number of ether oxygens (including phenoxy) is 1. The van der Waals surface area contributed by atoms with Crippen LogP contribution >= 0.6 is 0 Å². The molecule has 1 rings (SSSR count). The highest BCUT2D eigenvalue weighted by atomic mass is 19.1. The highest BCUT2D eigenvalue weighted by Crippen LogP contribution is 2.25. The first-order valence-corrected chi connectivity index (χ1v) is 5.61. The first kappa shape index (κ1) is 13.6. The fourth-order valence-electron chi connectivity index (χ4n) is 1.76. The van der Waals surface area contributed by atoms with E-state index in [4.69, 9.17) is 10.5 Å². The SMILES string of the molecule is Cc1cc(F)ccc1[C@H](C)[C@H](C)OC(=O)CN. The zero-order chi connectivity index (χ0) is 13.0. The molecule has 4 heteroatoms. The Bertz CT molecular complexity index is 406. The van der Waals surface area contributed by atoms with Gasteiger partial charge in [0.05, 0.1) is 6.54 Å². The molecule has 0 aromatic heterocycles. The van der Waals surface area contributed by atoms with Crippen LogP contribution in [0.4, 0.5) is 4.39 Å². The van der Waals surface area contributed by atoms with E-state index in [1.807, 2.05) is 13.8 Å². The first-order valence-electron chi connectivity index (χ1n) is 5.61. The summed E-state index contributed by atoms with van der Waals surface area (Å²) in [6.45, 7) is 5.46. The Balaban J connectivity index is 2.81. The molecule has 0 unspecified atom stereocenters. The molecule has 2 atom stereocenters. The quantitative estimate of drug-likeness (QED) is 0.819. The van der Waals surface area contributed by atoms with E-state index in [9.17, 15) is 9.18 Å². The van der Waals surface area contributed by atoms with Crippen molar-refractivity contribution in [1.29, 1.82) is 0 Å². The standard InChI is InChI=1S/C13H18FNO2/c1-8-6-11(14)4-5-12(8)9(2)10(3)17-13(16)7-15/h4-6,9-10H,7,15H2,1-3H3/t9-,10+/m1/s1. The van der Waals surface area contributed by atoms with Crippen molar-refractivity contribution in [3.05, 3.63) is 35.1 Å². The number of hydrogen-bond donors (Lipinski definition) is 1. The van der Waals surface area contributed by atoms with E-state index < -0.39 is 5.97 Å². The Morgan fingerprint density at radius 3 is 2.65 bits per heavy atom. The smallest absolute Gasteiger partial charge is 0.319 e. The lowest BCUT2D eigenvalue weighted by atomic mass is 9.92. The van der Waals surface area contributed by atoms with Gasteiger partial charge in [-0.2, -0.15) is 0 Å². The number of esters is 1. The van der Waals surface area contributed by atoms with Crippen LogP contribution in [0.5, 0.6) is 0 Å². The van der Waals surface area contributed by atoms with E-state index in [1.54, 1.807) is 13.0 Å². The van der Waals surface area contributed by atoms with Gasteiger partial charge in [0.25, 0.3) is 0 Å². The number of carbonyl (C=O) groups is 1. The summed E-state index contributed by atoms with van der Waals surface area (Å²) in [6, 6.07) is 4.61. The molecule has 0 amide bonds. The lowest BCUT2D eigenvalue weighted by Gasteiger charge is -2.22. The second-order valence-corrected chi connectivity index (χ2v) is 4.19. The van der Waals surface area contributed by atoms with Gasteiger partial charge in [-0.1, -0.05) is 13.0 Å². The van der Waals surface area contributed by atoms with Crippen molar-refractivity contribution in [2.75, 3.05) is 6.54 Å². The maximum absolute atomic E-state index is 13.0. The second-order valence-electron chi connectivity index (χ2n) is 4.19. The summed E-state index contributed by atoms with van der Waals surface area (Å²) in [5.74, 6) is -0.680. The minimum absolute atomic E-state index is 0.00565. The fourth-order valence-corrected chi connectivity index (χ4v) is 1.76. The van der Waals surface area contributed by atoms with E-state index >= 15 is 0 Å². The van der Waals surface area contributed by atoms with Gasteiger partial charge in [-0.15, -0.1) is 0 Å². The number of hydrogen-bond acceptors (Lipinski definition) is 3. The largest absolute Gasteiger partial charge is 0.461 e. The normalized spacial score (nSPS) is 14.2. The molecule has 0 saturated carbocycles. The molecule has 0 aliphatic rings. The summed E-state index contributed by atoms with van der Waals surface area (Å²) < 4.78 is 18.1. The van der Waals surface area contributed by atoms with Crippen LogP contribution < -0.4 is 5.73 Å². The maximum atomic E-state index is 13.0. The topological polar surface area (TPSA) is 52.3 Å². The number of halogens is 1. The molecule has 0 aliphatic heterocycles. The Labute approximate surface area is 101 Å². The molecule has 0 saturated heterocycles. The summed E-state index contributed by atoms with van der Waals surface area (Å²) in [5.41, 5.74) is 7.02. The van der Waals surface area contributed by atoms with Crippen LogP contribution in [0.25, 0.3) is 0 Å². The van der Waals surface area contributed by atoms with Gasteiger partial charge < -0.3 is 10.5 Å². The Kier molecular flexibility index (Phi) is 4.63. The zero-order valence-electron chi connectivity index (χ0n) is 10.4. The van der Waals surface area contributed by atoms with Crippen LogP contribution in [0, 0.1) is 12.7 Å². The molecule has 1 aromatic rings. The fraction of sp³-hybridized carbons (Fsp3) is 0.462. The van der Waals surface area contributed by atoms with Crippen LogP contribution in [0.1, 0.15) is 30.9 Å². The van der Waals surface area contributed by atoms with E-state index in [0.717, 1.165) is 11.1 Å². The van der Waals surface area contributed by atoms with Crippen molar-refractivity contribution < 1.29 is 13.9 Å². The van der Waals surface area contributed by atoms with Crippen molar-refractivity contribution in [3.63, 3.8) is 0 Å². The minimum atomic E-state index is -0.427. The van der Waals surface area contributed by atoms with Crippen molar-refractivity contribution in [1.82, 2.24) is 0 Å². The first-order chi connectivity index (χ1) is 7.95. The molecule has 1 aromatic carbocycles. The van der Waals surface area contributed by atoms with Crippen molar-refractivity contribution in [2.24, 2.45) is 5.73 Å². The molecule has 0 aliphatic carbocycles. The third-order valence-corrected chi connectivity index (χ3v) is 2.91. The zero-order valence-corrected chi connectivity index (χ0v) is 10.4. The van der Waals surface area contributed by atoms with E-state index in [1.165, 1.54) is 12.1 Å². The van der Waals surface area contributed by atoms with Gasteiger partial charge in [0.1, 0.15) is 11.9 Å². The average Bonchev–Trinajstić information content (AvgIpc) is 2.28. The Morgan fingerprint density at radius 1 is 1.47 bits per heavy atom. The maximum Gasteiger partial charge on any atom is 0.319 e. The number of aryl methyl sites for hydroxylation is 1. The predicted molar refractivity (Wildman–Crippen MR) is 64.2 cm³/mol. The van der Waals surface area contributed by atoms with Crippen LogP contribution in [0.3, 0.4) is 0 Å². The number of benzene rings is 1. The van der Waals surface area contributed by atoms with Gasteiger partial charge in [-0.3, -0.25) is 4.79 Å². The van der Waals surface area contributed by atoms with Crippen LogP contribution in [-0.4, -0.2) is 18.6 Å². The Morgan fingerprint density at radius 2 is 2.12 bits per heavy atom. The Hall–Kier alpha value is -1.42. The minimum Gasteiger partial charge on any atom is -0.461 e. The van der Waals surface area contributed by atoms with Gasteiger partial charge in [-0.05, 0) is 37.1 Å². The third kappa shape index (κ3) is 3.53. The summed E-state index contributed by atoms with van der Waals surface area (Å²) in [6.07, 6.45) is -0.282. The monoisotopic (exact) mass is 239 g/mol. The van der Waals surface area contributed by atoms with Crippen molar-refractivity contribution in [3.8, 4) is 0 Å². The van der Waals surface area contributed by atoms with Crippen LogP contribution in [0.2, 0.25) is 0 Å². The van der Waals surface area contributed by atoms with E-state index in [2.05, 4.69) is 0 Å². The van der Waals surface area contributed by atoms with Gasteiger partial charge >= 0.3 is 5.97 Å². The molecule has 0 spiro atoms. The molecular formula is C13H18FNO2. The van der Waals surface area contributed by atoms with Gasteiger partial charge in [-0.25, -0.2) is 4.39 Å². The highest BCUT2D eigenvalue weighted by molar-refractivity contribution is 5.71. The highest BCUT2D eigenvalue weighted by Gasteiger charge is 2.19. The lowest BCUT2D eigenvalue weighted by molar-refractivity contribution is -0.147. The number of rotatable bonds is 4. The lowest BCUT2D eigenvalue weighted by Crippen LogP contribution is -2.25. The molecule has 0 bridgehead atoms. The van der Waals surface area contributed by atoms with Crippen molar-refractivity contribution in [2.45, 2.75) is 32.8 Å². The summed E-state index contributed by atoms with van der Waals surface area (Å²) in [5, 5.41) is 0. The van der Waals surface area contributed by atoms with E-state index in [0.29, 0.717) is 0 Å². The molecule has 0 radical (unpaired) electrons.